The fraction of sp³-hybridized carbons (Fsp3) is 0.333. The van der Waals surface area contributed by atoms with Gasteiger partial charge < -0.3 is 15.7 Å². The molecule has 5 nitrogen and oxygen atoms in total. The normalized spacial score (nSPS) is 24.6. The van der Waals surface area contributed by atoms with Crippen molar-refractivity contribution in [2.75, 3.05) is 6.26 Å². The number of likely N-dealkylation sites (tertiary alicyclic amines) is 1. The van der Waals surface area contributed by atoms with E-state index in [-0.39, 0.29) is 11.3 Å². The van der Waals surface area contributed by atoms with Crippen LogP contribution in [0.15, 0.2) is 30.3 Å². The molecule has 1 fully saturated rings. The summed E-state index contributed by atoms with van der Waals surface area (Å²) in [6, 6.07) is 7.15. The second-order valence-electron chi connectivity index (χ2n) is 4.05. The predicted octanol–water partition coefficient (Wildman–Crippen LogP) is 0.671. The lowest BCUT2D eigenvalue weighted by Crippen LogP contribution is -2.68. The minimum Gasteiger partial charge on any atom is -0.479 e. The Bertz CT molecular complexity index is 466. The van der Waals surface area contributed by atoms with Crippen molar-refractivity contribution < 1.29 is 14.7 Å². The molecule has 0 spiro atoms. The summed E-state index contributed by atoms with van der Waals surface area (Å²) < 4.78 is 0. The van der Waals surface area contributed by atoms with E-state index in [1.807, 2.05) is 6.26 Å². The maximum Gasteiger partial charge on any atom is 0.331 e. The van der Waals surface area contributed by atoms with Crippen LogP contribution in [0.2, 0.25) is 0 Å². The lowest BCUT2D eigenvalue weighted by molar-refractivity contribution is -0.160. The van der Waals surface area contributed by atoms with E-state index in [4.69, 9.17) is 5.73 Å². The number of nitrogens with zero attached hydrogens (tertiary/aromatic N) is 1. The fourth-order valence-corrected chi connectivity index (χ4v) is 2.96. The van der Waals surface area contributed by atoms with E-state index < -0.39 is 18.1 Å². The summed E-state index contributed by atoms with van der Waals surface area (Å²) in [7, 11) is 0. The molecule has 96 valence electrons. The molecule has 1 aromatic rings. The van der Waals surface area contributed by atoms with Crippen LogP contribution in [0.1, 0.15) is 11.6 Å². The molecule has 0 radical (unpaired) electrons. The van der Waals surface area contributed by atoms with Crippen molar-refractivity contribution in [2.45, 2.75) is 17.5 Å². The number of aliphatic carboxylic acids is 1. The molecule has 2 rings (SSSR count). The van der Waals surface area contributed by atoms with E-state index in [2.05, 4.69) is 0 Å². The largest absolute Gasteiger partial charge is 0.479 e. The minimum absolute atomic E-state index is 0.279. The van der Waals surface area contributed by atoms with Gasteiger partial charge in [0.2, 0.25) is 5.91 Å². The fourth-order valence-electron chi connectivity index (χ4n) is 2.10. The van der Waals surface area contributed by atoms with E-state index in [0.29, 0.717) is 5.56 Å². The molecule has 6 heteroatoms. The van der Waals surface area contributed by atoms with Crippen LogP contribution < -0.4 is 5.73 Å². The zero-order valence-electron chi connectivity index (χ0n) is 9.82. The van der Waals surface area contributed by atoms with Gasteiger partial charge in [0.15, 0.2) is 6.04 Å². The first-order chi connectivity index (χ1) is 8.57. The standard InChI is InChI=1S/C12H14N2O3S/c1-18-11-8(13)10(15)14(11)9(12(16)17)7-5-3-2-4-6-7/h2-6,8-9,11H,13H2,1H3,(H,16,17). The Morgan fingerprint density at radius 3 is 2.56 bits per heavy atom. The maximum atomic E-state index is 11.8. The molecule has 18 heavy (non-hydrogen) atoms. The van der Waals surface area contributed by atoms with Crippen LogP contribution in [-0.4, -0.2) is 39.6 Å². The number of amides is 1. The Labute approximate surface area is 109 Å². The first-order valence-electron chi connectivity index (χ1n) is 5.46. The molecule has 1 aromatic carbocycles. The lowest BCUT2D eigenvalue weighted by Gasteiger charge is -2.47. The number of carbonyl (C=O) groups excluding carboxylic acids is 1. The van der Waals surface area contributed by atoms with Gasteiger partial charge in [0.25, 0.3) is 0 Å². The van der Waals surface area contributed by atoms with Gasteiger partial charge in [-0.15, -0.1) is 11.8 Å². The third-order valence-electron chi connectivity index (χ3n) is 2.99. The highest BCUT2D eigenvalue weighted by atomic mass is 32.2. The molecule has 0 bridgehead atoms. The molecule has 3 N–H and O–H groups in total. The first-order valence-corrected chi connectivity index (χ1v) is 6.75. The Morgan fingerprint density at radius 1 is 1.44 bits per heavy atom. The molecule has 1 heterocycles. The second-order valence-corrected chi connectivity index (χ2v) is 5.00. The molecule has 1 saturated heterocycles. The van der Waals surface area contributed by atoms with Crippen molar-refractivity contribution in [1.29, 1.82) is 0 Å². The highest BCUT2D eigenvalue weighted by molar-refractivity contribution is 7.99. The second kappa shape index (κ2) is 4.99. The van der Waals surface area contributed by atoms with Crippen molar-refractivity contribution in [3.05, 3.63) is 35.9 Å². The van der Waals surface area contributed by atoms with E-state index in [1.165, 1.54) is 16.7 Å². The lowest BCUT2D eigenvalue weighted by atomic mass is 9.98. The number of nitrogens with two attached hydrogens (primary N) is 1. The van der Waals surface area contributed by atoms with Crippen molar-refractivity contribution in [1.82, 2.24) is 4.90 Å². The topological polar surface area (TPSA) is 83.6 Å². The van der Waals surface area contributed by atoms with Gasteiger partial charge in [-0.2, -0.15) is 0 Å². The smallest absolute Gasteiger partial charge is 0.331 e. The molecular weight excluding hydrogens is 252 g/mol. The summed E-state index contributed by atoms with van der Waals surface area (Å²) >= 11 is 1.39. The Kier molecular flexibility index (Phi) is 3.58. The molecule has 1 aliphatic rings. The van der Waals surface area contributed by atoms with E-state index in [0.717, 1.165) is 0 Å². The summed E-state index contributed by atoms with van der Waals surface area (Å²) in [5.74, 6) is -1.36. The molecule has 0 aromatic heterocycles. The number of hydrogen-bond acceptors (Lipinski definition) is 4. The van der Waals surface area contributed by atoms with Crippen LogP contribution in [0.3, 0.4) is 0 Å². The van der Waals surface area contributed by atoms with Crippen molar-refractivity contribution in [3.63, 3.8) is 0 Å². The number of β-lactam (4-membered cyclic amide) rings is 1. The summed E-state index contributed by atoms with van der Waals surface area (Å²) in [5, 5.41) is 9.06. The van der Waals surface area contributed by atoms with Crippen molar-refractivity contribution >= 4 is 23.6 Å². The number of thioether (sulfide) groups is 1. The van der Waals surface area contributed by atoms with Crippen LogP contribution in [-0.2, 0) is 9.59 Å². The van der Waals surface area contributed by atoms with Gasteiger partial charge in [0.05, 0.1) is 0 Å². The highest BCUT2D eigenvalue weighted by Gasteiger charge is 2.50. The van der Waals surface area contributed by atoms with Gasteiger partial charge in [-0.25, -0.2) is 4.79 Å². The van der Waals surface area contributed by atoms with E-state index in [9.17, 15) is 14.7 Å². The number of rotatable bonds is 4. The first kappa shape index (κ1) is 12.9. The summed E-state index contributed by atoms with van der Waals surface area (Å²) in [6.45, 7) is 0. The van der Waals surface area contributed by atoms with Crippen molar-refractivity contribution in [3.8, 4) is 0 Å². The maximum absolute atomic E-state index is 11.8. The Balaban J connectivity index is 2.33. The third-order valence-corrected chi connectivity index (χ3v) is 3.99. The molecular formula is C12H14N2O3S. The minimum atomic E-state index is -1.04. The summed E-state index contributed by atoms with van der Waals surface area (Å²) in [4.78, 5) is 24.5. The SMILES string of the molecule is CSC1C(N)C(=O)N1C(C(=O)O)c1ccccc1. The number of benzene rings is 1. The summed E-state index contributed by atoms with van der Waals surface area (Å²) in [5.41, 5.74) is 6.27. The molecule has 1 amide bonds. The summed E-state index contributed by atoms with van der Waals surface area (Å²) in [6.07, 6.45) is 1.81. The predicted molar refractivity (Wildman–Crippen MR) is 68.9 cm³/mol. The molecule has 0 saturated carbocycles. The third kappa shape index (κ3) is 1.97. The highest BCUT2D eigenvalue weighted by Crippen LogP contribution is 2.35. The number of hydrogen-bond donors (Lipinski definition) is 2. The van der Waals surface area contributed by atoms with Gasteiger partial charge in [-0.3, -0.25) is 4.79 Å². The van der Waals surface area contributed by atoms with Gasteiger partial charge in [0.1, 0.15) is 11.4 Å². The average Bonchev–Trinajstić information content (AvgIpc) is 2.38. The Morgan fingerprint density at radius 2 is 2.06 bits per heavy atom. The van der Waals surface area contributed by atoms with Gasteiger partial charge in [-0.05, 0) is 11.8 Å². The zero-order chi connectivity index (χ0) is 13.3. The monoisotopic (exact) mass is 266 g/mol. The van der Waals surface area contributed by atoms with Crippen LogP contribution in [0.4, 0.5) is 0 Å². The molecule has 3 unspecified atom stereocenters. The van der Waals surface area contributed by atoms with E-state index >= 15 is 0 Å². The van der Waals surface area contributed by atoms with Crippen LogP contribution in [0.25, 0.3) is 0 Å². The van der Waals surface area contributed by atoms with Crippen LogP contribution in [0, 0.1) is 0 Å². The number of carboxylic acid groups (broad SMARTS) is 1. The van der Waals surface area contributed by atoms with E-state index in [1.54, 1.807) is 30.3 Å². The molecule has 1 aliphatic heterocycles. The average molecular weight is 266 g/mol. The number of carboxylic acids is 1. The van der Waals surface area contributed by atoms with Crippen molar-refractivity contribution in [2.24, 2.45) is 5.73 Å². The van der Waals surface area contributed by atoms with Gasteiger partial charge >= 0.3 is 5.97 Å². The van der Waals surface area contributed by atoms with Gasteiger partial charge in [0, 0.05) is 0 Å². The van der Waals surface area contributed by atoms with Gasteiger partial charge in [-0.1, -0.05) is 30.3 Å². The molecule has 3 atom stereocenters. The zero-order valence-corrected chi connectivity index (χ0v) is 10.6. The quantitative estimate of drug-likeness (QED) is 0.783. The van der Waals surface area contributed by atoms with Crippen LogP contribution in [0.5, 0.6) is 0 Å². The van der Waals surface area contributed by atoms with Crippen LogP contribution >= 0.6 is 11.8 Å². The number of carbonyl (C=O) groups is 2. The molecule has 0 aliphatic carbocycles. The Hall–Kier alpha value is -1.53.